The minimum Gasteiger partial charge on any atom is -0.457 e. The average Bonchev–Trinajstić information content (AvgIpc) is 3.39. The Kier molecular flexibility index (Phi) is 18.8. The van der Waals surface area contributed by atoms with E-state index in [1.807, 2.05) is 86.0 Å². The molecular weight excluding hydrogens is 968 g/mol. The monoisotopic (exact) mass is 1030 g/mol. The lowest BCUT2D eigenvalue weighted by atomic mass is 9.83. The summed E-state index contributed by atoms with van der Waals surface area (Å²) in [5, 5.41) is 6.73. The summed E-state index contributed by atoms with van der Waals surface area (Å²) in [4.78, 5) is 93.3. The van der Waals surface area contributed by atoms with Crippen molar-refractivity contribution in [1.29, 1.82) is 0 Å². The van der Waals surface area contributed by atoms with Gasteiger partial charge in [0.1, 0.15) is 29.4 Å². The molecule has 4 aromatic carbocycles. The van der Waals surface area contributed by atoms with Crippen LogP contribution in [0.5, 0.6) is 11.5 Å². The Morgan fingerprint density at radius 1 is 0.726 bits per heavy atom. The molecule has 1 saturated heterocycles. The van der Waals surface area contributed by atoms with Gasteiger partial charge in [-0.25, -0.2) is 0 Å². The number of halogens is 2. The third-order valence-corrected chi connectivity index (χ3v) is 14.6. The molecule has 0 unspecified atom stereocenters. The van der Waals surface area contributed by atoms with Crippen LogP contribution in [-0.4, -0.2) is 114 Å². The van der Waals surface area contributed by atoms with Crippen molar-refractivity contribution >= 4 is 58.5 Å². The minimum atomic E-state index is -1.20. The maximum absolute atomic E-state index is 15.1. The summed E-state index contributed by atoms with van der Waals surface area (Å²) >= 11 is 12.8. The summed E-state index contributed by atoms with van der Waals surface area (Å²) in [6.45, 7) is 3.17. The maximum Gasteiger partial charge on any atom is 0.247 e. The van der Waals surface area contributed by atoms with Crippen molar-refractivity contribution in [2.45, 2.75) is 102 Å². The first-order chi connectivity index (χ1) is 35.1. The molecule has 2 N–H and O–H groups in total. The summed E-state index contributed by atoms with van der Waals surface area (Å²) < 4.78 is 12.0. The van der Waals surface area contributed by atoms with E-state index in [2.05, 4.69) is 21.7 Å². The van der Waals surface area contributed by atoms with Crippen LogP contribution < -0.4 is 15.4 Å². The Morgan fingerprint density at radius 2 is 1.41 bits per heavy atom. The van der Waals surface area contributed by atoms with Crippen molar-refractivity contribution in [2.24, 2.45) is 5.92 Å². The third kappa shape index (κ3) is 14.5. The Morgan fingerprint density at radius 3 is 2.11 bits per heavy atom. The number of aromatic nitrogens is 1. The van der Waals surface area contributed by atoms with Crippen LogP contribution in [0.25, 0.3) is 11.1 Å². The zero-order valence-electron chi connectivity index (χ0n) is 42.0. The second-order valence-corrected chi connectivity index (χ2v) is 20.1. The van der Waals surface area contributed by atoms with E-state index < -0.39 is 47.8 Å². The maximum atomic E-state index is 15.1. The predicted octanol–water partition coefficient (Wildman–Crippen LogP) is 8.61. The third-order valence-electron chi connectivity index (χ3n) is 14.1. The number of hydrogen-bond donors (Lipinski definition) is 2. The molecule has 0 spiro atoms. The van der Waals surface area contributed by atoms with Crippen LogP contribution in [0.2, 0.25) is 10.0 Å². The number of ether oxygens (including phenoxy) is 2. The SMILES string of the molecule is COC[C@@H]1NC(=O)[C@H](C)N(Cc2ccc(Cl)cc2Oc2ccc(-c3cncc(C4CCC(=O)CC4)c3)cc2)C(=O)C[C@@H](Cc2ccccc2)C(=O)N(C)[C@@H](C)CNC(=O)C[C@H](Cc2ccc(Cl)cc2)N(C)C1=O. The van der Waals surface area contributed by atoms with E-state index in [0.29, 0.717) is 52.2 Å². The molecule has 16 heteroatoms. The molecule has 5 amide bonds. The molecule has 0 bridgehead atoms. The second kappa shape index (κ2) is 25.4. The van der Waals surface area contributed by atoms with E-state index in [-0.39, 0.29) is 56.7 Å². The van der Waals surface area contributed by atoms with E-state index >= 15 is 4.79 Å². The molecule has 73 heavy (non-hydrogen) atoms. The van der Waals surface area contributed by atoms with E-state index in [1.165, 1.54) is 16.9 Å². The number of ketones is 1. The van der Waals surface area contributed by atoms with Gasteiger partial charge in [0.2, 0.25) is 29.5 Å². The van der Waals surface area contributed by atoms with Gasteiger partial charge in [0, 0.05) is 99.1 Å². The Labute approximate surface area is 437 Å². The van der Waals surface area contributed by atoms with Gasteiger partial charge >= 0.3 is 0 Å². The van der Waals surface area contributed by atoms with E-state index in [0.717, 1.165) is 40.7 Å². The first-order valence-corrected chi connectivity index (χ1v) is 25.5. The molecular formula is C57H64Cl2N6O8. The Balaban J connectivity index is 1.21. The summed E-state index contributed by atoms with van der Waals surface area (Å²) in [7, 11) is 4.65. The van der Waals surface area contributed by atoms with Gasteiger partial charge in [-0.1, -0.05) is 83.9 Å². The van der Waals surface area contributed by atoms with Crippen LogP contribution in [0.1, 0.15) is 80.5 Å². The van der Waals surface area contributed by atoms with Crippen LogP contribution in [0, 0.1) is 5.92 Å². The lowest BCUT2D eigenvalue weighted by Gasteiger charge is -2.35. The normalized spacial score (nSPS) is 21.4. The largest absolute Gasteiger partial charge is 0.457 e. The first-order valence-electron chi connectivity index (χ1n) is 24.8. The number of carbonyl (C=O) groups is 6. The molecule has 1 saturated carbocycles. The van der Waals surface area contributed by atoms with E-state index in [9.17, 15) is 24.0 Å². The quantitative estimate of drug-likeness (QED) is 0.124. The van der Waals surface area contributed by atoms with Gasteiger partial charge in [0.25, 0.3) is 0 Å². The van der Waals surface area contributed by atoms with Crippen molar-refractivity contribution in [3.63, 3.8) is 0 Å². The second-order valence-electron chi connectivity index (χ2n) is 19.2. The van der Waals surface area contributed by atoms with Crippen LogP contribution >= 0.6 is 23.2 Å². The van der Waals surface area contributed by atoms with Crippen LogP contribution in [0.3, 0.4) is 0 Å². The molecule has 2 fully saturated rings. The van der Waals surface area contributed by atoms with Crippen molar-refractivity contribution in [3.8, 4) is 22.6 Å². The van der Waals surface area contributed by atoms with Crippen molar-refractivity contribution < 1.29 is 38.2 Å². The number of benzene rings is 4. The molecule has 1 aliphatic carbocycles. The van der Waals surface area contributed by atoms with Crippen molar-refractivity contribution in [3.05, 3.63) is 148 Å². The van der Waals surface area contributed by atoms with Crippen LogP contribution in [0.4, 0.5) is 0 Å². The Hall–Kier alpha value is -6.61. The highest BCUT2D eigenvalue weighted by Gasteiger charge is 2.36. The number of likely N-dealkylation sites (N-methyl/N-ethyl adjacent to an activating group) is 2. The fraction of sp³-hybridized carbons (Fsp3) is 0.386. The topological polar surface area (TPSA) is 168 Å². The van der Waals surface area contributed by atoms with Gasteiger partial charge in [0.15, 0.2) is 0 Å². The lowest BCUT2D eigenvalue weighted by molar-refractivity contribution is -0.147. The standard InChI is InChI=1S/C57H64Cl2N6O8/c1-36-31-61-53(67)30-48(26-39-11-18-46(58)19-12-39)64(4)57(71)51(35-72-5)62-55(69)37(2)65(54(68)28-43(56(70)63(36)3)25-38-9-7-6-8-10-38)34-42-13-20-47(59)29-52(42)73-50-23-16-41(17-24-50)45-27-44(32-60-33-45)40-14-21-49(66)22-15-40/h6-13,16-20,23-24,27,29,32-33,36-37,40,43,48,51H,14-15,21-22,25-26,28,30-31,34-35H2,1-5H3,(H,61,67)(H,62,69)/t36-,37-,43+,48-,51-/m0/s1. The summed E-state index contributed by atoms with van der Waals surface area (Å²) in [6.07, 6.45) is 6.64. The van der Waals surface area contributed by atoms with Gasteiger partial charge in [-0.2, -0.15) is 0 Å². The Bertz CT molecular complexity index is 2730. The zero-order valence-corrected chi connectivity index (χ0v) is 43.5. The number of pyridine rings is 1. The van der Waals surface area contributed by atoms with Crippen molar-refractivity contribution in [2.75, 3.05) is 34.4 Å². The average molecular weight is 1030 g/mol. The number of rotatable bonds is 12. The minimum absolute atomic E-state index is 0.0790. The molecule has 384 valence electrons. The number of Topliss-reactive ketones (excluding diaryl/α,β-unsaturated/α-hetero) is 1. The zero-order chi connectivity index (χ0) is 52.2. The number of nitrogens with one attached hydrogen (secondary N) is 2. The van der Waals surface area contributed by atoms with Gasteiger partial charge < -0.3 is 34.8 Å². The van der Waals surface area contributed by atoms with E-state index in [4.69, 9.17) is 32.7 Å². The highest BCUT2D eigenvalue weighted by Crippen LogP contribution is 2.35. The molecule has 1 aliphatic heterocycles. The number of nitrogens with zero attached hydrogens (tertiary/aromatic N) is 4. The molecule has 2 heterocycles. The van der Waals surface area contributed by atoms with E-state index in [1.54, 1.807) is 56.3 Å². The summed E-state index contributed by atoms with van der Waals surface area (Å²) in [5.74, 6) is -1.75. The van der Waals surface area contributed by atoms with Gasteiger partial charge in [-0.3, -0.25) is 33.8 Å². The highest BCUT2D eigenvalue weighted by molar-refractivity contribution is 6.31. The number of methoxy groups -OCH3 is 1. The molecule has 5 aromatic rings. The fourth-order valence-corrected chi connectivity index (χ4v) is 9.72. The lowest BCUT2D eigenvalue weighted by Crippen LogP contribution is -2.57. The number of amides is 5. The van der Waals surface area contributed by atoms with Gasteiger partial charge in [-0.05, 0) is 110 Å². The van der Waals surface area contributed by atoms with Crippen LogP contribution in [0.15, 0.2) is 116 Å². The van der Waals surface area contributed by atoms with Gasteiger partial charge in [-0.15, -0.1) is 0 Å². The highest BCUT2D eigenvalue weighted by atomic mass is 35.5. The number of hydrogen-bond acceptors (Lipinski definition) is 9. The van der Waals surface area contributed by atoms with Crippen LogP contribution in [-0.2, 0) is 52.9 Å². The summed E-state index contributed by atoms with van der Waals surface area (Å²) in [5.41, 5.74) is 5.16. The summed E-state index contributed by atoms with van der Waals surface area (Å²) in [6, 6.07) is 27.7. The molecule has 14 nitrogen and oxygen atoms in total. The fourth-order valence-electron chi connectivity index (χ4n) is 9.44. The smallest absolute Gasteiger partial charge is 0.247 e. The van der Waals surface area contributed by atoms with Gasteiger partial charge in [0.05, 0.1) is 19.1 Å². The predicted molar refractivity (Wildman–Crippen MR) is 281 cm³/mol. The molecule has 0 radical (unpaired) electrons. The van der Waals surface area contributed by atoms with Crippen molar-refractivity contribution in [1.82, 2.24) is 30.3 Å². The first kappa shape index (κ1) is 54.2. The molecule has 2 aliphatic rings. The molecule has 1 aromatic heterocycles. The number of carbonyl (C=O) groups excluding carboxylic acids is 6. The molecule has 7 rings (SSSR count). The molecule has 5 atom stereocenters.